The number of nitrogens with zero attached hydrogens (tertiary/aromatic N) is 3. The van der Waals surface area contributed by atoms with Gasteiger partial charge in [-0.3, -0.25) is 15.1 Å². The van der Waals surface area contributed by atoms with Crippen molar-refractivity contribution in [3.05, 3.63) is 24.4 Å². The van der Waals surface area contributed by atoms with Crippen molar-refractivity contribution < 1.29 is 14.3 Å². The number of amides is 1. The lowest BCUT2D eigenvalue weighted by Gasteiger charge is -2.23. The van der Waals surface area contributed by atoms with Crippen LogP contribution in [0.4, 0.5) is 5.13 Å². The van der Waals surface area contributed by atoms with Crippen molar-refractivity contribution in [2.75, 3.05) is 18.5 Å². The highest BCUT2D eigenvalue weighted by molar-refractivity contribution is 7.18. The Morgan fingerprint density at radius 1 is 1.46 bits per heavy atom. The molecule has 2 aromatic rings. The smallest absolute Gasteiger partial charge is 0.255 e. The molecule has 1 aliphatic heterocycles. The van der Waals surface area contributed by atoms with Gasteiger partial charge in [-0.05, 0) is 38.3 Å². The fraction of sp³-hybridized carbons (Fsp3) is 0.500. The van der Waals surface area contributed by atoms with E-state index in [2.05, 4.69) is 20.5 Å². The molecule has 1 N–H and O–H groups in total. The van der Waals surface area contributed by atoms with Crippen LogP contribution >= 0.6 is 11.3 Å². The van der Waals surface area contributed by atoms with Crippen molar-refractivity contribution in [2.45, 2.75) is 38.4 Å². The van der Waals surface area contributed by atoms with Crippen molar-refractivity contribution in [3.8, 4) is 10.7 Å². The Bertz CT molecular complexity index is 658. The molecule has 2 aromatic heterocycles. The SMILES string of the molecule is C[C@H](OC[C@H]1CCCCO1)C(=O)Nc1nnc(-c2ccccn2)s1. The van der Waals surface area contributed by atoms with Gasteiger partial charge in [0.1, 0.15) is 11.8 Å². The average Bonchev–Trinajstić information content (AvgIpc) is 3.10. The number of pyridine rings is 1. The maximum Gasteiger partial charge on any atom is 0.255 e. The molecule has 8 heteroatoms. The van der Waals surface area contributed by atoms with Crippen LogP contribution in [0.1, 0.15) is 26.2 Å². The first-order valence-electron chi connectivity index (χ1n) is 8.01. The van der Waals surface area contributed by atoms with Crippen molar-refractivity contribution in [1.82, 2.24) is 15.2 Å². The molecule has 24 heavy (non-hydrogen) atoms. The Balaban J connectivity index is 1.50. The number of carbonyl (C=O) groups is 1. The van der Waals surface area contributed by atoms with Crippen LogP contribution in [0.2, 0.25) is 0 Å². The van der Waals surface area contributed by atoms with Crippen LogP contribution in [-0.2, 0) is 14.3 Å². The highest BCUT2D eigenvalue weighted by Crippen LogP contribution is 2.24. The van der Waals surface area contributed by atoms with Gasteiger partial charge in [-0.25, -0.2) is 0 Å². The zero-order valence-electron chi connectivity index (χ0n) is 13.5. The van der Waals surface area contributed by atoms with E-state index in [4.69, 9.17) is 9.47 Å². The van der Waals surface area contributed by atoms with E-state index in [1.165, 1.54) is 11.3 Å². The lowest BCUT2D eigenvalue weighted by Crippen LogP contribution is -2.32. The molecule has 128 valence electrons. The second kappa shape index (κ2) is 8.27. The van der Waals surface area contributed by atoms with E-state index in [1.807, 2.05) is 18.2 Å². The van der Waals surface area contributed by atoms with Crippen LogP contribution in [0.25, 0.3) is 10.7 Å². The number of hydrogen-bond donors (Lipinski definition) is 1. The summed E-state index contributed by atoms with van der Waals surface area (Å²) in [5.41, 5.74) is 0.731. The van der Waals surface area contributed by atoms with Crippen molar-refractivity contribution in [3.63, 3.8) is 0 Å². The fourth-order valence-corrected chi connectivity index (χ4v) is 3.06. The van der Waals surface area contributed by atoms with Crippen LogP contribution in [0.15, 0.2) is 24.4 Å². The van der Waals surface area contributed by atoms with Crippen LogP contribution in [0.5, 0.6) is 0 Å². The molecule has 0 aliphatic carbocycles. The fourth-order valence-electron chi connectivity index (χ4n) is 2.34. The van der Waals surface area contributed by atoms with Gasteiger partial charge in [-0.15, -0.1) is 10.2 Å². The van der Waals surface area contributed by atoms with E-state index >= 15 is 0 Å². The molecule has 1 amide bonds. The van der Waals surface area contributed by atoms with Gasteiger partial charge < -0.3 is 9.47 Å². The molecule has 0 aromatic carbocycles. The molecule has 0 radical (unpaired) electrons. The summed E-state index contributed by atoms with van der Waals surface area (Å²) >= 11 is 1.28. The van der Waals surface area contributed by atoms with Crippen molar-refractivity contribution in [2.24, 2.45) is 0 Å². The first-order chi connectivity index (χ1) is 11.7. The first-order valence-corrected chi connectivity index (χ1v) is 8.83. The van der Waals surface area contributed by atoms with E-state index in [-0.39, 0.29) is 12.0 Å². The monoisotopic (exact) mass is 348 g/mol. The van der Waals surface area contributed by atoms with E-state index < -0.39 is 6.10 Å². The van der Waals surface area contributed by atoms with Crippen LogP contribution in [-0.4, -0.2) is 46.5 Å². The molecular formula is C16H20N4O3S. The normalized spacial score (nSPS) is 19.0. The molecule has 0 unspecified atom stereocenters. The van der Waals surface area contributed by atoms with E-state index in [0.29, 0.717) is 16.7 Å². The van der Waals surface area contributed by atoms with Crippen LogP contribution in [0, 0.1) is 0 Å². The number of carbonyl (C=O) groups excluding carboxylic acids is 1. The summed E-state index contributed by atoms with van der Waals surface area (Å²) in [7, 11) is 0. The van der Waals surface area contributed by atoms with Gasteiger partial charge in [-0.2, -0.15) is 0 Å². The van der Waals surface area contributed by atoms with E-state index in [1.54, 1.807) is 13.1 Å². The van der Waals surface area contributed by atoms with Crippen molar-refractivity contribution in [1.29, 1.82) is 0 Å². The molecule has 0 saturated carbocycles. The van der Waals surface area contributed by atoms with Crippen molar-refractivity contribution >= 4 is 22.4 Å². The molecule has 1 aliphatic rings. The average molecular weight is 348 g/mol. The summed E-state index contributed by atoms with van der Waals surface area (Å²) < 4.78 is 11.2. The summed E-state index contributed by atoms with van der Waals surface area (Å²) in [6.45, 7) is 2.93. The summed E-state index contributed by atoms with van der Waals surface area (Å²) in [5.74, 6) is -0.241. The highest BCUT2D eigenvalue weighted by atomic mass is 32.1. The standard InChI is InChI=1S/C16H20N4O3S/c1-11(23-10-12-6-3-5-9-22-12)14(21)18-16-20-19-15(24-16)13-7-2-4-8-17-13/h2,4,7-8,11-12H,3,5-6,9-10H2,1H3,(H,18,20,21)/t11-,12+/m0/s1. The second-order valence-electron chi connectivity index (χ2n) is 5.58. The number of nitrogens with one attached hydrogen (secondary N) is 1. The minimum Gasteiger partial charge on any atom is -0.376 e. The summed E-state index contributed by atoms with van der Waals surface area (Å²) in [6, 6.07) is 5.57. The Kier molecular flexibility index (Phi) is 5.84. The zero-order chi connectivity index (χ0) is 16.8. The topological polar surface area (TPSA) is 86.2 Å². The van der Waals surface area contributed by atoms with Gasteiger partial charge in [0.15, 0.2) is 5.01 Å². The molecule has 0 spiro atoms. The van der Waals surface area contributed by atoms with Gasteiger partial charge in [-0.1, -0.05) is 17.4 Å². The van der Waals surface area contributed by atoms with Crippen LogP contribution < -0.4 is 5.32 Å². The largest absolute Gasteiger partial charge is 0.376 e. The second-order valence-corrected chi connectivity index (χ2v) is 6.56. The summed E-state index contributed by atoms with van der Waals surface area (Å²) in [5, 5.41) is 11.9. The molecule has 3 rings (SSSR count). The summed E-state index contributed by atoms with van der Waals surface area (Å²) in [4.78, 5) is 16.4. The molecule has 0 bridgehead atoms. The predicted molar refractivity (Wildman–Crippen MR) is 90.8 cm³/mol. The van der Waals surface area contributed by atoms with Crippen LogP contribution in [0.3, 0.4) is 0 Å². The molecule has 2 atom stereocenters. The van der Waals surface area contributed by atoms with Gasteiger partial charge in [0.2, 0.25) is 5.13 Å². The third-order valence-corrected chi connectivity index (χ3v) is 4.58. The molecule has 1 fully saturated rings. The lowest BCUT2D eigenvalue weighted by atomic mass is 10.1. The maximum atomic E-state index is 12.2. The minimum absolute atomic E-state index is 0.0892. The maximum absolute atomic E-state index is 12.2. The minimum atomic E-state index is -0.572. The Hall–Kier alpha value is -1.90. The molecule has 7 nitrogen and oxygen atoms in total. The number of aromatic nitrogens is 3. The van der Waals surface area contributed by atoms with E-state index in [0.717, 1.165) is 31.6 Å². The number of hydrogen-bond acceptors (Lipinski definition) is 7. The predicted octanol–water partition coefficient (Wildman–Crippen LogP) is 2.51. The van der Waals surface area contributed by atoms with Gasteiger partial charge >= 0.3 is 0 Å². The third-order valence-electron chi connectivity index (χ3n) is 3.71. The van der Waals surface area contributed by atoms with Gasteiger partial charge in [0.05, 0.1) is 12.7 Å². The zero-order valence-corrected chi connectivity index (χ0v) is 14.3. The number of anilines is 1. The summed E-state index contributed by atoms with van der Waals surface area (Å²) in [6.07, 6.45) is 4.44. The lowest BCUT2D eigenvalue weighted by molar-refractivity contribution is -0.130. The molecule has 3 heterocycles. The third kappa shape index (κ3) is 4.56. The number of ether oxygens (including phenoxy) is 2. The Labute approximate surface area is 144 Å². The van der Waals surface area contributed by atoms with Gasteiger partial charge in [0, 0.05) is 12.8 Å². The molecule has 1 saturated heterocycles. The molecular weight excluding hydrogens is 328 g/mol. The Morgan fingerprint density at radius 3 is 3.12 bits per heavy atom. The van der Waals surface area contributed by atoms with Gasteiger partial charge in [0.25, 0.3) is 5.91 Å². The number of rotatable bonds is 6. The quantitative estimate of drug-likeness (QED) is 0.863. The first kappa shape index (κ1) is 16.9. The van der Waals surface area contributed by atoms with E-state index in [9.17, 15) is 4.79 Å². The highest BCUT2D eigenvalue weighted by Gasteiger charge is 2.20. The Morgan fingerprint density at radius 2 is 2.38 bits per heavy atom.